The standard InChI is InChI=1S/C19H23ClN4OS/c1-13-18(26-15-5-2-4-14(21)17(15)20)22-12-16(23-13)24-9-7-19(8-10-24)6-3-11-25-19/h2,4-5,12H,3,6-11,21H2,1H3. The summed E-state index contributed by atoms with van der Waals surface area (Å²) in [5.41, 5.74) is 7.49. The Labute approximate surface area is 163 Å². The first-order valence-electron chi connectivity index (χ1n) is 9.01. The Hall–Kier alpha value is -1.50. The summed E-state index contributed by atoms with van der Waals surface area (Å²) in [6, 6.07) is 5.64. The number of rotatable bonds is 3. The van der Waals surface area contributed by atoms with Crippen molar-refractivity contribution in [3.63, 3.8) is 0 Å². The van der Waals surface area contributed by atoms with Crippen LogP contribution in [-0.4, -0.2) is 35.3 Å². The van der Waals surface area contributed by atoms with E-state index in [0.29, 0.717) is 10.7 Å². The molecule has 2 aliphatic rings. The minimum atomic E-state index is 0.124. The van der Waals surface area contributed by atoms with Gasteiger partial charge in [0.1, 0.15) is 10.8 Å². The van der Waals surface area contributed by atoms with Crippen LogP contribution in [0, 0.1) is 6.92 Å². The van der Waals surface area contributed by atoms with E-state index in [1.807, 2.05) is 25.3 Å². The van der Waals surface area contributed by atoms with Gasteiger partial charge in [-0.2, -0.15) is 0 Å². The molecule has 0 unspecified atom stereocenters. The SMILES string of the molecule is Cc1nc(N2CCC3(CCCO3)CC2)cnc1Sc1cccc(N)c1Cl. The lowest BCUT2D eigenvalue weighted by Crippen LogP contribution is -2.44. The molecule has 2 aliphatic heterocycles. The zero-order valence-electron chi connectivity index (χ0n) is 14.9. The van der Waals surface area contributed by atoms with E-state index in [-0.39, 0.29) is 5.60 Å². The molecule has 4 rings (SSSR count). The number of aryl methyl sites for hydroxylation is 1. The van der Waals surface area contributed by atoms with Crippen LogP contribution >= 0.6 is 23.4 Å². The van der Waals surface area contributed by atoms with Crippen LogP contribution < -0.4 is 10.6 Å². The Morgan fingerprint density at radius 3 is 2.77 bits per heavy atom. The highest BCUT2D eigenvalue weighted by atomic mass is 35.5. The number of halogens is 1. The number of nitrogens with zero attached hydrogens (tertiary/aromatic N) is 3. The molecule has 2 aromatic rings. The Morgan fingerprint density at radius 2 is 2.08 bits per heavy atom. The molecule has 7 heteroatoms. The molecule has 2 fully saturated rings. The second-order valence-electron chi connectivity index (χ2n) is 7.00. The van der Waals surface area contributed by atoms with E-state index >= 15 is 0 Å². The average molecular weight is 391 g/mol. The summed E-state index contributed by atoms with van der Waals surface area (Å²) in [4.78, 5) is 12.6. The lowest BCUT2D eigenvalue weighted by molar-refractivity contribution is -0.0147. The maximum absolute atomic E-state index is 6.29. The first kappa shape index (κ1) is 17.9. The summed E-state index contributed by atoms with van der Waals surface area (Å²) in [7, 11) is 0. The predicted molar refractivity (Wildman–Crippen MR) is 106 cm³/mol. The van der Waals surface area contributed by atoms with Gasteiger partial charge in [-0.15, -0.1) is 0 Å². The van der Waals surface area contributed by atoms with Gasteiger partial charge < -0.3 is 15.4 Å². The Balaban J connectivity index is 1.47. The number of piperidine rings is 1. The van der Waals surface area contributed by atoms with Crippen LogP contribution in [0.5, 0.6) is 0 Å². The molecule has 1 aromatic carbocycles. The monoisotopic (exact) mass is 390 g/mol. The molecule has 1 aromatic heterocycles. The maximum atomic E-state index is 6.29. The minimum Gasteiger partial charge on any atom is -0.397 e. The molecule has 1 spiro atoms. The number of hydrogen-bond donors (Lipinski definition) is 1. The van der Waals surface area contributed by atoms with Crippen LogP contribution in [0.2, 0.25) is 5.02 Å². The van der Waals surface area contributed by atoms with E-state index in [4.69, 9.17) is 27.1 Å². The summed E-state index contributed by atoms with van der Waals surface area (Å²) >= 11 is 7.80. The van der Waals surface area contributed by atoms with Gasteiger partial charge in [0, 0.05) is 24.6 Å². The minimum absolute atomic E-state index is 0.124. The second-order valence-corrected chi connectivity index (χ2v) is 8.41. The topological polar surface area (TPSA) is 64.3 Å². The molecule has 0 atom stereocenters. The number of nitrogens with two attached hydrogens (primary N) is 1. The average Bonchev–Trinajstić information content (AvgIpc) is 3.09. The summed E-state index contributed by atoms with van der Waals surface area (Å²) < 4.78 is 6.01. The molecular formula is C19H23ClN4OS. The van der Waals surface area contributed by atoms with Crippen molar-refractivity contribution in [2.75, 3.05) is 30.3 Å². The number of nitrogen functional groups attached to an aromatic ring is 1. The molecule has 0 saturated carbocycles. The van der Waals surface area contributed by atoms with E-state index < -0.39 is 0 Å². The number of hydrogen-bond acceptors (Lipinski definition) is 6. The van der Waals surface area contributed by atoms with Crippen molar-refractivity contribution in [3.05, 3.63) is 35.1 Å². The number of anilines is 2. The second kappa shape index (κ2) is 7.25. The molecule has 0 amide bonds. The van der Waals surface area contributed by atoms with Gasteiger partial charge in [-0.3, -0.25) is 0 Å². The van der Waals surface area contributed by atoms with Gasteiger partial charge in [0.2, 0.25) is 0 Å². The van der Waals surface area contributed by atoms with Crippen molar-refractivity contribution in [3.8, 4) is 0 Å². The highest BCUT2D eigenvalue weighted by Gasteiger charge is 2.38. The van der Waals surface area contributed by atoms with Gasteiger partial charge in [-0.05, 0) is 44.7 Å². The predicted octanol–water partition coefficient (Wildman–Crippen LogP) is 4.32. The summed E-state index contributed by atoms with van der Waals surface area (Å²) in [6.07, 6.45) is 6.40. The Kier molecular flexibility index (Phi) is 4.99. The first-order chi connectivity index (χ1) is 12.6. The number of aromatic nitrogens is 2. The fourth-order valence-electron chi connectivity index (χ4n) is 3.71. The molecule has 2 saturated heterocycles. The van der Waals surface area contributed by atoms with Crippen LogP contribution in [0.3, 0.4) is 0 Å². The largest absolute Gasteiger partial charge is 0.397 e. The molecule has 2 N–H and O–H groups in total. The van der Waals surface area contributed by atoms with Gasteiger partial charge in [0.15, 0.2) is 0 Å². The summed E-state index contributed by atoms with van der Waals surface area (Å²) in [5, 5.41) is 1.43. The molecule has 26 heavy (non-hydrogen) atoms. The number of ether oxygens (including phenoxy) is 1. The van der Waals surface area contributed by atoms with E-state index in [2.05, 4.69) is 9.88 Å². The Morgan fingerprint density at radius 1 is 1.27 bits per heavy atom. The maximum Gasteiger partial charge on any atom is 0.147 e. The smallest absolute Gasteiger partial charge is 0.147 e. The van der Waals surface area contributed by atoms with Gasteiger partial charge in [-0.1, -0.05) is 29.4 Å². The van der Waals surface area contributed by atoms with Crippen molar-refractivity contribution in [1.82, 2.24) is 9.97 Å². The lowest BCUT2D eigenvalue weighted by Gasteiger charge is -2.39. The van der Waals surface area contributed by atoms with E-state index in [1.54, 1.807) is 6.07 Å². The van der Waals surface area contributed by atoms with Crippen LogP contribution in [0.25, 0.3) is 0 Å². The van der Waals surface area contributed by atoms with Gasteiger partial charge in [-0.25, -0.2) is 9.97 Å². The normalized spacial score (nSPS) is 19.2. The molecule has 138 valence electrons. The third-order valence-corrected chi connectivity index (χ3v) is 6.96. The summed E-state index contributed by atoms with van der Waals surface area (Å²) in [5.74, 6) is 0.943. The van der Waals surface area contributed by atoms with E-state index in [9.17, 15) is 0 Å². The van der Waals surface area contributed by atoms with Crippen LogP contribution in [0.1, 0.15) is 31.4 Å². The first-order valence-corrected chi connectivity index (χ1v) is 10.2. The fourth-order valence-corrected chi connectivity index (χ4v) is 4.82. The van der Waals surface area contributed by atoms with Crippen molar-refractivity contribution >= 4 is 34.9 Å². The van der Waals surface area contributed by atoms with Gasteiger partial charge in [0.25, 0.3) is 0 Å². The number of benzene rings is 1. The van der Waals surface area contributed by atoms with Crippen molar-refractivity contribution in [2.45, 2.75) is 48.1 Å². The van der Waals surface area contributed by atoms with Crippen molar-refractivity contribution in [2.24, 2.45) is 0 Å². The van der Waals surface area contributed by atoms with E-state index in [0.717, 1.165) is 54.0 Å². The lowest BCUT2D eigenvalue weighted by atomic mass is 9.89. The molecule has 5 nitrogen and oxygen atoms in total. The highest BCUT2D eigenvalue weighted by molar-refractivity contribution is 7.99. The third kappa shape index (κ3) is 3.50. The van der Waals surface area contributed by atoms with Crippen LogP contribution in [0.15, 0.2) is 34.3 Å². The van der Waals surface area contributed by atoms with Gasteiger partial charge in [0.05, 0.1) is 28.2 Å². The zero-order valence-corrected chi connectivity index (χ0v) is 16.4. The van der Waals surface area contributed by atoms with Crippen molar-refractivity contribution in [1.29, 1.82) is 0 Å². The van der Waals surface area contributed by atoms with Gasteiger partial charge >= 0.3 is 0 Å². The zero-order chi connectivity index (χ0) is 18.1. The molecular weight excluding hydrogens is 368 g/mol. The molecule has 0 radical (unpaired) electrons. The van der Waals surface area contributed by atoms with E-state index in [1.165, 1.54) is 24.6 Å². The van der Waals surface area contributed by atoms with Crippen LogP contribution in [-0.2, 0) is 4.74 Å². The molecule has 3 heterocycles. The van der Waals surface area contributed by atoms with Crippen molar-refractivity contribution < 1.29 is 4.74 Å². The molecule has 0 aliphatic carbocycles. The highest BCUT2D eigenvalue weighted by Crippen LogP contribution is 2.38. The third-order valence-electron chi connectivity index (χ3n) is 5.27. The fraction of sp³-hybridized carbons (Fsp3) is 0.474. The van der Waals surface area contributed by atoms with Crippen LogP contribution in [0.4, 0.5) is 11.5 Å². The summed E-state index contributed by atoms with van der Waals surface area (Å²) in [6.45, 7) is 4.85. The quantitative estimate of drug-likeness (QED) is 0.787. The molecule has 0 bridgehead atoms. The Bertz CT molecular complexity index is 800.